The lowest BCUT2D eigenvalue weighted by molar-refractivity contribution is 0.407. The standard InChI is InChI=1S/C11H12N4O2/c1-17-9-5-10(14-15-11(9)16)13-7-8-3-2-4-12-6-8/h2-6H,7H2,1H3,(H,13,14)(H,15,16). The molecule has 0 radical (unpaired) electrons. The van der Waals surface area contributed by atoms with Crippen LogP contribution >= 0.6 is 0 Å². The molecule has 2 rings (SSSR count). The second-order valence-electron chi connectivity index (χ2n) is 3.37. The van der Waals surface area contributed by atoms with Gasteiger partial charge in [-0.1, -0.05) is 6.07 Å². The van der Waals surface area contributed by atoms with Gasteiger partial charge in [0.25, 0.3) is 0 Å². The van der Waals surface area contributed by atoms with Gasteiger partial charge < -0.3 is 10.1 Å². The van der Waals surface area contributed by atoms with E-state index in [1.807, 2.05) is 12.1 Å². The number of hydrogen-bond acceptors (Lipinski definition) is 5. The Bertz CT molecular complexity index is 539. The van der Waals surface area contributed by atoms with Gasteiger partial charge in [0, 0.05) is 25.0 Å². The van der Waals surface area contributed by atoms with Crippen LogP contribution in [0.2, 0.25) is 0 Å². The van der Waals surface area contributed by atoms with Crippen molar-refractivity contribution in [2.45, 2.75) is 6.54 Å². The van der Waals surface area contributed by atoms with Gasteiger partial charge in [0.2, 0.25) is 0 Å². The van der Waals surface area contributed by atoms with Gasteiger partial charge in [-0.3, -0.25) is 9.78 Å². The molecule has 0 amide bonds. The highest BCUT2D eigenvalue weighted by Crippen LogP contribution is 2.08. The number of anilines is 1. The number of H-pyrrole nitrogens is 1. The van der Waals surface area contributed by atoms with E-state index in [0.717, 1.165) is 5.56 Å². The van der Waals surface area contributed by atoms with Crippen molar-refractivity contribution in [3.63, 3.8) is 0 Å². The van der Waals surface area contributed by atoms with Crippen LogP contribution in [-0.2, 0) is 6.54 Å². The minimum Gasteiger partial charge on any atom is -0.491 e. The molecule has 2 aromatic rings. The Kier molecular flexibility index (Phi) is 3.34. The predicted octanol–water partition coefficient (Wildman–Crippen LogP) is 0.786. The molecule has 0 saturated carbocycles. The van der Waals surface area contributed by atoms with E-state index < -0.39 is 0 Å². The van der Waals surface area contributed by atoms with Crippen molar-refractivity contribution in [1.82, 2.24) is 15.2 Å². The summed E-state index contributed by atoms with van der Waals surface area (Å²) in [5, 5.41) is 9.26. The van der Waals surface area contributed by atoms with Gasteiger partial charge in [-0.15, -0.1) is 0 Å². The number of aromatic amines is 1. The molecule has 0 atom stereocenters. The maximum atomic E-state index is 11.2. The summed E-state index contributed by atoms with van der Waals surface area (Å²) in [6, 6.07) is 5.36. The fourth-order valence-electron chi connectivity index (χ4n) is 1.33. The first-order valence-corrected chi connectivity index (χ1v) is 5.06. The Balaban J connectivity index is 2.07. The Morgan fingerprint density at radius 3 is 3.12 bits per heavy atom. The average Bonchev–Trinajstić information content (AvgIpc) is 2.39. The summed E-state index contributed by atoms with van der Waals surface area (Å²) in [6.45, 7) is 0.579. The quantitative estimate of drug-likeness (QED) is 0.814. The van der Waals surface area contributed by atoms with E-state index in [4.69, 9.17) is 4.74 Å². The number of hydrogen-bond donors (Lipinski definition) is 2. The van der Waals surface area contributed by atoms with E-state index in [1.165, 1.54) is 7.11 Å². The van der Waals surface area contributed by atoms with Crippen molar-refractivity contribution >= 4 is 5.82 Å². The molecular formula is C11H12N4O2. The van der Waals surface area contributed by atoms with E-state index >= 15 is 0 Å². The molecule has 88 valence electrons. The van der Waals surface area contributed by atoms with Crippen molar-refractivity contribution in [2.75, 3.05) is 12.4 Å². The number of aromatic nitrogens is 3. The summed E-state index contributed by atoms with van der Waals surface area (Å²) in [4.78, 5) is 15.2. The lowest BCUT2D eigenvalue weighted by atomic mass is 10.3. The molecule has 0 bridgehead atoms. The first kappa shape index (κ1) is 11.1. The zero-order chi connectivity index (χ0) is 12.1. The smallest absolute Gasteiger partial charge is 0.306 e. The molecule has 0 aliphatic carbocycles. The third kappa shape index (κ3) is 2.81. The first-order chi connectivity index (χ1) is 8.29. The van der Waals surface area contributed by atoms with E-state index in [1.54, 1.807) is 18.5 Å². The predicted molar refractivity (Wildman–Crippen MR) is 63.0 cm³/mol. The van der Waals surface area contributed by atoms with Gasteiger partial charge in [-0.2, -0.15) is 5.10 Å². The second-order valence-corrected chi connectivity index (χ2v) is 3.37. The van der Waals surface area contributed by atoms with Crippen molar-refractivity contribution in [3.8, 4) is 5.75 Å². The monoisotopic (exact) mass is 232 g/mol. The number of ether oxygens (including phenoxy) is 1. The van der Waals surface area contributed by atoms with E-state index in [-0.39, 0.29) is 11.3 Å². The van der Waals surface area contributed by atoms with Crippen molar-refractivity contribution < 1.29 is 4.74 Å². The first-order valence-electron chi connectivity index (χ1n) is 5.06. The largest absolute Gasteiger partial charge is 0.491 e. The van der Waals surface area contributed by atoms with Crippen LogP contribution in [0, 0.1) is 0 Å². The zero-order valence-electron chi connectivity index (χ0n) is 9.30. The van der Waals surface area contributed by atoms with Gasteiger partial charge in [0.05, 0.1) is 7.11 Å². The lowest BCUT2D eigenvalue weighted by Gasteiger charge is -2.05. The Morgan fingerprint density at radius 1 is 1.53 bits per heavy atom. The topological polar surface area (TPSA) is 79.9 Å². The fraction of sp³-hybridized carbons (Fsp3) is 0.182. The normalized spacial score (nSPS) is 9.94. The van der Waals surface area contributed by atoms with Crippen LogP contribution < -0.4 is 15.6 Å². The summed E-state index contributed by atoms with van der Waals surface area (Å²) in [6.07, 6.45) is 3.47. The van der Waals surface area contributed by atoms with Gasteiger partial charge in [0.15, 0.2) is 11.6 Å². The van der Waals surface area contributed by atoms with Crippen LogP contribution in [0.4, 0.5) is 5.82 Å². The molecule has 0 unspecified atom stereocenters. The summed E-state index contributed by atoms with van der Waals surface area (Å²) in [7, 11) is 1.44. The number of nitrogens with zero attached hydrogens (tertiary/aromatic N) is 2. The second kappa shape index (κ2) is 5.11. The number of rotatable bonds is 4. The van der Waals surface area contributed by atoms with E-state index in [0.29, 0.717) is 12.4 Å². The molecule has 0 aromatic carbocycles. The maximum Gasteiger partial charge on any atom is 0.306 e. The SMILES string of the molecule is COc1cc(NCc2cccnc2)n[nH]c1=O. The molecule has 6 nitrogen and oxygen atoms in total. The Morgan fingerprint density at radius 2 is 2.41 bits per heavy atom. The highest BCUT2D eigenvalue weighted by atomic mass is 16.5. The van der Waals surface area contributed by atoms with Crippen LogP contribution in [0.3, 0.4) is 0 Å². The highest BCUT2D eigenvalue weighted by Gasteiger charge is 2.02. The van der Waals surface area contributed by atoms with Crippen molar-refractivity contribution in [3.05, 3.63) is 46.5 Å². The Hall–Kier alpha value is -2.37. The zero-order valence-corrected chi connectivity index (χ0v) is 9.30. The van der Waals surface area contributed by atoms with Crippen molar-refractivity contribution in [2.24, 2.45) is 0 Å². The minimum absolute atomic E-state index is 0.230. The highest BCUT2D eigenvalue weighted by molar-refractivity contribution is 5.39. The van der Waals surface area contributed by atoms with Gasteiger partial charge in [-0.05, 0) is 11.6 Å². The number of nitrogens with one attached hydrogen (secondary N) is 2. The number of methoxy groups -OCH3 is 1. The van der Waals surface area contributed by atoms with E-state index in [2.05, 4.69) is 20.5 Å². The summed E-state index contributed by atoms with van der Waals surface area (Å²) in [5.74, 6) is 0.777. The average molecular weight is 232 g/mol. The summed E-state index contributed by atoms with van der Waals surface area (Å²) < 4.78 is 4.90. The van der Waals surface area contributed by atoms with Crippen LogP contribution in [0.1, 0.15) is 5.56 Å². The molecule has 2 aromatic heterocycles. The lowest BCUT2D eigenvalue weighted by Crippen LogP contribution is -2.13. The van der Waals surface area contributed by atoms with Crippen molar-refractivity contribution in [1.29, 1.82) is 0 Å². The molecule has 2 heterocycles. The molecule has 6 heteroatoms. The minimum atomic E-state index is -0.348. The van der Waals surface area contributed by atoms with Gasteiger partial charge >= 0.3 is 5.56 Å². The number of pyridine rings is 1. The van der Waals surface area contributed by atoms with Gasteiger partial charge in [-0.25, -0.2) is 5.10 Å². The summed E-state index contributed by atoms with van der Waals surface area (Å²) >= 11 is 0. The molecule has 0 aliphatic rings. The van der Waals surface area contributed by atoms with E-state index in [9.17, 15) is 4.79 Å². The third-order valence-corrected chi connectivity index (χ3v) is 2.19. The van der Waals surface area contributed by atoms with Crippen LogP contribution in [-0.4, -0.2) is 22.3 Å². The molecule has 2 N–H and O–H groups in total. The third-order valence-electron chi connectivity index (χ3n) is 2.19. The summed E-state index contributed by atoms with van der Waals surface area (Å²) in [5.41, 5.74) is 0.680. The molecule has 0 spiro atoms. The van der Waals surface area contributed by atoms with Gasteiger partial charge in [0.1, 0.15) is 0 Å². The van der Waals surface area contributed by atoms with Crippen LogP contribution in [0.25, 0.3) is 0 Å². The van der Waals surface area contributed by atoms with Crippen LogP contribution in [0.5, 0.6) is 5.75 Å². The molecule has 17 heavy (non-hydrogen) atoms. The molecular weight excluding hydrogens is 220 g/mol. The molecule has 0 fully saturated rings. The molecule has 0 aliphatic heterocycles. The van der Waals surface area contributed by atoms with Crippen LogP contribution in [0.15, 0.2) is 35.4 Å². The fourth-order valence-corrected chi connectivity index (χ4v) is 1.33. The maximum absolute atomic E-state index is 11.2. The molecule has 0 saturated heterocycles. The Labute approximate surface area is 97.7 Å².